The van der Waals surface area contributed by atoms with E-state index < -0.39 is 29.1 Å². The number of halogens is 1. The molecule has 0 spiro atoms. The van der Waals surface area contributed by atoms with Gasteiger partial charge in [0.15, 0.2) is 0 Å². The average molecular weight is 256 g/mol. The number of H-pyrrole nitrogens is 1. The summed E-state index contributed by atoms with van der Waals surface area (Å²) >= 11 is 0. The second-order valence-electron chi connectivity index (χ2n) is 3.88. The van der Waals surface area contributed by atoms with Gasteiger partial charge in [0.05, 0.1) is 12.7 Å². The molecule has 1 atom stereocenters. The number of nitrogens with one attached hydrogen (secondary N) is 1. The summed E-state index contributed by atoms with van der Waals surface area (Å²) in [6, 6.07) is 0. The van der Waals surface area contributed by atoms with Crippen molar-refractivity contribution in [3.8, 4) is 0 Å². The van der Waals surface area contributed by atoms with Gasteiger partial charge in [0.2, 0.25) is 5.82 Å². The van der Waals surface area contributed by atoms with Crippen LogP contribution in [-0.4, -0.2) is 21.6 Å². The molecular weight excluding hydrogens is 243 g/mol. The third-order valence-corrected chi connectivity index (χ3v) is 2.08. The van der Waals surface area contributed by atoms with Crippen LogP contribution in [0.15, 0.2) is 27.9 Å². The Morgan fingerprint density at radius 3 is 2.78 bits per heavy atom. The molecule has 18 heavy (non-hydrogen) atoms. The number of rotatable bonds is 4. The van der Waals surface area contributed by atoms with Gasteiger partial charge >= 0.3 is 11.7 Å². The van der Waals surface area contributed by atoms with E-state index in [0.29, 0.717) is 0 Å². The molecule has 0 aliphatic rings. The third-order valence-electron chi connectivity index (χ3n) is 2.08. The van der Waals surface area contributed by atoms with Crippen LogP contribution in [0.4, 0.5) is 4.39 Å². The highest BCUT2D eigenvalue weighted by atomic mass is 19.1. The van der Waals surface area contributed by atoms with Gasteiger partial charge in [0.25, 0.3) is 5.56 Å². The van der Waals surface area contributed by atoms with Crippen LogP contribution in [0.1, 0.15) is 13.8 Å². The fourth-order valence-electron chi connectivity index (χ4n) is 1.22. The lowest BCUT2D eigenvalue weighted by atomic mass is 10.3. The number of nitrogens with zero attached hydrogens (tertiary/aromatic N) is 1. The van der Waals surface area contributed by atoms with Crippen molar-refractivity contribution in [2.45, 2.75) is 26.5 Å². The van der Waals surface area contributed by atoms with Crippen molar-refractivity contribution < 1.29 is 13.9 Å². The number of aromatic nitrogens is 2. The molecular formula is C11H13FN2O4. The van der Waals surface area contributed by atoms with Crippen molar-refractivity contribution in [3.63, 3.8) is 0 Å². The van der Waals surface area contributed by atoms with Gasteiger partial charge in [0, 0.05) is 5.57 Å². The fraction of sp³-hybridized carbons (Fsp3) is 0.364. The Labute approximate surface area is 102 Å². The average Bonchev–Trinajstić information content (AvgIpc) is 2.25. The van der Waals surface area contributed by atoms with Crippen LogP contribution in [0, 0.1) is 5.82 Å². The molecule has 1 N–H and O–H groups in total. The largest absolute Gasteiger partial charge is 0.457 e. The molecule has 0 aliphatic carbocycles. The van der Waals surface area contributed by atoms with E-state index in [4.69, 9.17) is 4.74 Å². The van der Waals surface area contributed by atoms with E-state index in [1.54, 1.807) is 0 Å². The highest BCUT2D eigenvalue weighted by molar-refractivity contribution is 5.87. The van der Waals surface area contributed by atoms with Crippen LogP contribution in [0.3, 0.4) is 0 Å². The van der Waals surface area contributed by atoms with E-state index in [-0.39, 0.29) is 12.1 Å². The van der Waals surface area contributed by atoms with Crippen LogP contribution in [0.2, 0.25) is 0 Å². The first-order valence-electron chi connectivity index (χ1n) is 5.17. The molecule has 1 aromatic rings. The van der Waals surface area contributed by atoms with Gasteiger partial charge in [-0.2, -0.15) is 4.39 Å². The van der Waals surface area contributed by atoms with Crippen molar-refractivity contribution >= 4 is 5.97 Å². The van der Waals surface area contributed by atoms with Crippen molar-refractivity contribution in [1.29, 1.82) is 0 Å². The zero-order valence-electron chi connectivity index (χ0n) is 10.0. The first-order chi connectivity index (χ1) is 8.31. The second-order valence-corrected chi connectivity index (χ2v) is 3.88. The zero-order valence-corrected chi connectivity index (χ0v) is 10.0. The molecule has 1 aromatic heterocycles. The number of carbonyl (C=O) groups is 1. The maximum Gasteiger partial charge on any atom is 0.333 e. The van der Waals surface area contributed by atoms with Crippen molar-refractivity contribution in [3.05, 3.63) is 45.0 Å². The van der Waals surface area contributed by atoms with Gasteiger partial charge in [-0.15, -0.1) is 0 Å². The first kappa shape index (κ1) is 13.9. The predicted octanol–water partition coefficient (Wildman–Crippen LogP) is 0.184. The number of aromatic amines is 1. The van der Waals surface area contributed by atoms with E-state index >= 15 is 0 Å². The Kier molecular flexibility index (Phi) is 4.19. The zero-order chi connectivity index (χ0) is 13.9. The summed E-state index contributed by atoms with van der Waals surface area (Å²) in [5.41, 5.74) is -1.62. The minimum Gasteiger partial charge on any atom is -0.457 e. The Balaban J connectivity index is 2.82. The lowest BCUT2D eigenvalue weighted by Crippen LogP contribution is -2.34. The highest BCUT2D eigenvalue weighted by Gasteiger charge is 2.12. The molecule has 1 heterocycles. The van der Waals surface area contributed by atoms with Gasteiger partial charge in [-0.1, -0.05) is 6.58 Å². The summed E-state index contributed by atoms with van der Waals surface area (Å²) in [4.78, 5) is 35.1. The highest BCUT2D eigenvalue weighted by Crippen LogP contribution is 2.00. The number of hydrogen-bond donors (Lipinski definition) is 1. The van der Waals surface area contributed by atoms with Crippen LogP contribution >= 0.6 is 0 Å². The molecule has 0 saturated heterocycles. The number of hydrogen-bond acceptors (Lipinski definition) is 4. The van der Waals surface area contributed by atoms with Crippen LogP contribution in [0.5, 0.6) is 0 Å². The van der Waals surface area contributed by atoms with Crippen LogP contribution in [0.25, 0.3) is 0 Å². The lowest BCUT2D eigenvalue weighted by molar-refractivity contribution is -0.143. The Morgan fingerprint density at radius 2 is 2.22 bits per heavy atom. The molecule has 0 radical (unpaired) electrons. The van der Waals surface area contributed by atoms with Crippen molar-refractivity contribution in [2.24, 2.45) is 0 Å². The first-order valence-corrected chi connectivity index (χ1v) is 5.17. The molecule has 0 aliphatic heterocycles. The monoisotopic (exact) mass is 256 g/mol. The Hall–Kier alpha value is -2.18. The SMILES string of the molecule is C=C(C)C(=O)OC(C)Cn1cc(F)c(=O)[nH]c1=O. The third kappa shape index (κ3) is 3.41. The topological polar surface area (TPSA) is 81.2 Å². The summed E-state index contributed by atoms with van der Waals surface area (Å²) in [7, 11) is 0. The molecule has 6 nitrogen and oxygen atoms in total. The minimum absolute atomic E-state index is 0.0639. The van der Waals surface area contributed by atoms with Gasteiger partial charge in [-0.05, 0) is 13.8 Å². The molecule has 0 aromatic carbocycles. The van der Waals surface area contributed by atoms with E-state index in [1.165, 1.54) is 13.8 Å². The summed E-state index contributed by atoms with van der Waals surface area (Å²) in [6.07, 6.45) is 0.115. The quantitative estimate of drug-likeness (QED) is 0.615. The molecule has 1 unspecified atom stereocenters. The van der Waals surface area contributed by atoms with Gasteiger partial charge in [-0.25, -0.2) is 9.59 Å². The molecule has 0 fully saturated rings. The second kappa shape index (κ2) is 5.44. The Morgan fingerprint density at radius 1 is 1.61 bits per heavy atom. The minimum atomic E-state index is -1.08. The lowest BCUT2D eigenvalue weighted by Gasteiger charge is -2.14. The van der Waals surface area contributed by atoms with E-state index in [9.17, 15) is 18.8 Å². The number of esters is 1. The standard InChI is InChI=1S/C11H13FN2O4/c1-6(2)10(16)18-7(3)4-14-5-8(12)9(15)13-11(14)17/h5,7H,1,4H2,2-3H3,(H,13,15,17). The van der Waals surface area contributed by atoms with Gasteiger partial charge in [0.1, 0.15) is 6.10 Å². The van der Waals surface area contributed by atoms with Crippen molar-refractivity contribution in [1.82, 2.24) is 9.55 Å². The Bertz CT molecular complexity index is 587. The van der Waals surface area contributed by atoms with Gasteiger partial charge in [-0.3, -0.25) is 14.3 Å². The molecule has 0 amide bonds. The van der Waals surface area contributed by atoms with Crippen LogP contribution < -0.4 is 11.2 Å². The summed E-state index contributed by atoms with van der Waals surface area (Å²) in [5.74, 6) is -1.67. The maximum atomic E-state index is 13.0. The fourth-order valence-corrected chi connectivity index (χ4v) is 1.22. The molecule has 98 valence electrons. The normalized spacial score (nSPS) is 11.9. The van der Waals surface area contributed by atoms with E-state index in [1.807, 2.05) is 4.98 Å². The van der Waals surface area contributed by atoms with Crippen LogP contribution in [-0.2, 0) is 16.1 Å². The predicted molar refractivity (Wildman–Crippen MR) is 61.6 cm³/mol. The maximum absolute atomic E-state index is 13.0. The summed E-state index contributed by atoms with van der Waals surface area (Å²) in [6.45, 7) is 6.37. The molecule has 7 heteroatoms. The van der Waals surface area contributed by atoms with E-state index in [0.717, 1.165) is 10.8 Å². The molecule has 0 saturated carbocycles. The molecule has 1 rings (SSSR count). The number of ether oxygens (including phenoxy) is 1. The van der Waals surface area contributed by atoms with Crippen molar-refractivity contribution in [2.75, 3.05) is 0 Å². The van der Waals surface area contributed by atoms with E-state index in [2.05, 4.69) is 6.58 Å². The summed E-state index contributed by atoms with van der Waals surface area (Å²) in [5, 5.41) is 0. The smallest absolute Gasteiger partial charge is 0.333 e. The molecule has 0 bridgehead atoms. The van der Waals surface area contributed by atoms with Gasteiger partial charge < -0.3 is 4.74 Å². The summed E-state index contributed by atoms with van der Waals surface area (Å²) < 4.78 is 18.8. The number of carbonyl (C=O) groups excluding carboxylic acids is 1.